The zero-order chi connectivity index (χ0) is 8.85. The SMILES string of the molecule is CC.CCN1N=C(C)CC1=O. The monoisotopic (exact) mass is 156 g/mol. The van der Waals surface area contributed by atoms with Crippen LogP contribution in [0.4, 0.5) is 0 Å². The molecule has 0 unspecified atom stereocenters. The van der Waals surface area contributed by atoms with Gasteiger partial charge in [-0.15, -0.1) is 0 Å². The van der Waals surface area contributed by atoms with Crippen LogP contribution in [-0.2, 0) is 4.79 Å². The summed E-state index contributed by atoms with van der Waals surface area (Å²) in [6.45, 7) is 8.48. The van der Waals surface area contributed by atoms with E-state index in [9.17, 15) is 4.79 Å². The van der Waals surface area contributed by atoms with Gasteiger partial charge in [-0.25, -0.2) is 5.01 Å². The van der Waals surface area contributed by atoms with Crippen molar-refractivity contribution in [2.24, 2.45) is 5.10 Å². The first-order chi connectivity index (χ1) is 5.24. The van der Waals surface area contributed by atoms with E-state index in [2.05, 4.69) is 5.10 Å². The Morgan fingerprint density at radius 2 is 2.09 bits per heavy atom. The molecule has 1 aliphatic rings. The summed E-state index contributed by atoms with van der Waals surface area (Å²) < 4.78 is 0. The fourth-order valence-corrected chi connectivity index (χ4v) is 0.854. The molecule has 0 spiro atoms. The van der Waals surface area contributed by atoms with Crippen LogP contribution in [0, 0.1) is 0 Å². The maximum Gasteiger partial charge on any atom is 0.248 e. The molecule has 0 radical (unpaired) electrons. The molecule has 64 valence electrons. The lowest BCUT2D eigenvalue weighted by Crippen LogP contribution is -2.19. The first kappa shape index (κ1) is 10.1. The Hall–Kier alpha value is -0.860. The van der Waals surface area contributed by atoms with Crippen LogP contribution < -0.4 is 0 Å². The number of rotatable bonds is 1. The van der Waals surface area contributed by atoms with Crippen molar-refractivity contribution in [3.63, 3.8) is 0 Å². The molecule has 0 atom stereocenters. The third-order valence-electron chi connectivity index (χ3n) is 1.29. The Labute approximate surface area is 68.1 Å². The van der Waals surface area contributed by atoms with Gasteiger partial charge in [0.15, 0.2) is 0 Å². The maximum absolute atomic E-state index is 10.8. The Kier molecular flexibility index (Phi) is 4.50. The van der Waals surface area contributed by atoms with Crippen LogP contribution >= 0.6 is 0 Å². The van der Waals surface area contributed by atoms with Gasteiger partial charge in [0.1, 0.15) is 0 Å². The standard InChI is InChI=1S/C6H10N2O.C2H6/c1-3-8-6(9)4-5(2)7-8;1-2/h3-4H2,1-2H3;1-2H3. The minimum absolute atomic E-state index is 0.120. The van der Waals surface area contributed by atoms with Gasteiger partial charge in [0.05, 0.1) is 6.42 Å². The van der Waals surface area contributed by atoms with E-state index in [1.165, 1.54) is 5.01 Å². The van der Waals surface area contributed by atoms with E-state index < -0.39 is 0 Å². The Morgan fingerprint density at radius 1 is 1.55 bits per heavy atom. The third kappa shape index (κ3) is 2.70. The fourth-order valence-electron chi connectivity index (χ4n) is 0.854. The number of hydrogen-bond acceptors (Lipinski definition) is 2. The molecule has 1 rings (SSSR count). The summed E-state index contributed by atoms with van der Waals surface area (Å²) in [5.41, 5.74) is 0.918. The number of hydrogen-bond donors (Lipinski definition) is 0. The average Bonchev–Trinajstić information content (AvgIpc) is 2.33. The summed E-state index contributed by atoms with van der Waals surface area (Å²) in [5, 5.41) is 5.48. The topological polar surface area (TPSA) is 32.7 Å². The predicted molar refractivity (Wildman–Crippen MR) is 46.5 cm³/mol. The minimum atomic E-state index is 0.120. The number of carbonyl (C=O) groups is 1. The van der Waals surface area contributed by atoms with Gasteiger partial charge >= 0.3 is 0 Å². The minimum Gasteiger partial charge on any atom is -0.273 e. The summed E-state index contributed by atoms with van der Waals surface area (Å²) >= 11 is 0. The average molecular weight is 156 g/mol. The second-order valence-corrected chi connectivity index (χ2v) is 2.12. The molecule has 0 saturated heterocycles. The predicted octanol–water partition coefficient (Wildman–Crippen LogP) is 1.64. The third-order valence-corrected chi connectivity index (χ3v) is 1.29. The molecule has 0 saturated carbocycles. The number of hydrazone groups is 1. The van der Waals surface area contributed by atoms with Crippen molar-refractivity contribution >= 4 is 11.6 Å². The molecule has 0 aromatic rings. The molecular weight excluding hydrogens is 140 g/mol. The first-order valence-electron chi connectivity index (χ1n) is 4.08. The number of carbonyl (C=O) groups excluding carboxylic acids is 1. The second kappa shape index (κ2) is 4.88. The molecule has 3 nitrogen and oxygen atoms in total. The largest absolute Gasteiger partial charge is 0.273 e. The van der Waals surface area contributed by atoms with Crippen LogP contribution in [0.5, 0.6) is 0 Å². The highest BCUT2D eigenvalue weighted by Gasteiger charge is 2.18. The van der Waals surface area contributed by atoms with E-state index in [4.69, 9.17) is 0 Å². The van der Waals surface area contributed by atoms with E-state index in [1.54, 1.807) is 0 Å². The molecule has 0 bridgehead atoms. The Balaban J connectivity index is 0.000000461. The molecular formula is C8H16N2O. The summed E-state index contributed by atoms with van der Waals surface area (Å²) in [4.78, 5) is 10.8. The van der Waals surface area contributed by atoms with Crippen LogP contribution in [-0.4, -0.2) is 23.2 Å². The zero-order valence-electron chi connectivity index (χ0n) is 7.72. The van der Waals surface area contributed by atoms with Crippen LogP contribution in [0.15, 0.2) is 5.10 Å². The highest BCUT2D eigenvalue weighted by Crippen LogP contribution is 2.05. The van der Waals surface area contributed by atoms with Gasteiger partial charge < -0.3 is 0 Å². The van der Waals surface area contributed by atoms with Crippen LogP contribution in [0.1, 0.15) is 34.1 Å². The fraction of sp³-hybridized carbons (Fsp3) is 0.750. The zero-order valence-corrected chi connectivity index (χ0v) is 7.72. The maximum atomic E-state index is 10.8. The molecule has 3 heteroatoms. The van der Waals surface area contributed by atoms with E-state index >= 15 is 0 Å². The van der Waals surface area contributed by atoms with Crippen LogP contribution in [0.2, 0.25) is 0 Å². The van der Waals surface area contributed by atoms with Crippen molar-refractivity contribution in [3.8, 4) is 0 Å². The molecule has 0 aromatic heterocycles. The summed E-state index contributed by atoms with van der Waals surface area (Å²) in [5.74, 6) is 0.120. The lowest BCUT2D eigenvalue weighted by atomic mass is 10.3. The van der Waals surface area contributed by atoms with Gasteiger partial charge in [0, 0.05) is 12.3 Å². The molecule has 0 aromatic carbocycles. The van der Waals surface area contributed by atoms with Crippen molar-refractivity contribution in [1.82, 2.24) is 5.01 Å². The number of amides is 1. The highest BCUT2D eigenvalue weighted by molar-refractivity contribution is 6.03. The highest BCUT2D eigenvalue weighted by atomic mass is 16.2. The van der Waals surface area contributed by atoms with Gasteiger partial charge in [-0.1, -0.05) is 13.8 Å². The van der Waals surface area contributed by atoms with Crippen molar-refractivity contribution in [2.45, 2.75) is 34.1 Å². The van der Waals surface area contributed by atoms with E-state index in [-0.39, 0.29) is 5.91 Å². The van der Waals surface area contributed by atoms with E-state index in [1.807, 2.05) is 27.7 Å². The summed E-state index contributed by atoms with van der Waals surface area (Å²) in [7, 11) is 0. The van der Waals surface area contributed by atoms with Crippen molar-refractivity contribution < 1.29 is 4.79 Å². The first-order valence-corrected chi connectivity index (χ1v) is 4.08. The normalized spacial score (nSPS) is 15.8. The molecule has 1 aliphatic heterocycles. The second-order valence-electron chi connectivity index (χ2n) is 2.12. The Bertz CT molecular complexity index is 163. The lowest BCUT2D eigenvalue weighted by molar-refractivity contribution is -0.128. The molecule has 1 heterocycles. The molecule has 0 fully saturated rings. The molecule has 1 amide bonds. The lowest BCUT2D eigenvalue weighted by Gasteiger charge is -2.05. The molecule has 0 aliphatic carbocycles. The molecule has 11 heavy (non-hydrogen) atoms. The van der Waals surface area contributed by atoms with Gasteiger partial charge in [-0.05, 0) is 13.8 Å². The summed E-state index contributed by atoms with van der Waals surface area (Å²) in [6.07, 6.45) is 0.508. The van der Waals surface area contributed by atoms with E-state index in [0.29, 0.717) is 13.0 Å². The smallest absolute Gasteiger partial charge is 0.248 e. The van der Waals surface area contributed by atoms with Gasteiger partial charge in [-0.2, -0.15) is 5.10 Å². The van der Waals surface area contributed by atoms with Gasteiger partial charge in [0.2, 0.25) is 5.91 Å². The quantitative estimate of drug-likeness (QED) is 0.568. The van der Waals surface area contributed by atoms with Crippen molar-refractivity contribution in [3.05, 3.63) is 0 Å². The van der Waals surface area contributed by atoms with Gasteiger partial charge in [0.25, 0.3) is 0 Å². The summed E-state index contributed by atoms with van der Waals surface area (Å²) in [6, 6.07) is 0. The van der Waals surface area contributed by atoms with E-state index in [0.717, 1.165) is 5.71 Å². The molecule has 0 N–H and O–H groups in total. The Morgan fingerprint density at radius 3 is 2.27 bits per heavy atom. The van der Waals surface area contributed by atoms with Crippen LogP contribution in [0.3, 0.4) is 0 Å². The van der Waals surface area contributed by atoms with Crippen molar-refractivity contribution in [1.29, 1.82) is 0 Å². The number of nitrogens with zero attached hydrogens (tertiary/aromatic N) is 2. The van der Waals surface area contributed by atoms with Crippen molar-refractivity contribution in [2.75, 3.05) is 6.54 Å². The van der Waals surface area contributed by atoms with Gasteiger partial charge in [-0.3, -0.25) is 4.79 Å². The van der Waals surface area contributed by atoms with Crippen LogP contribution in [0.25, 0.3) is 0 Å².